The molecule has 1 aliphatic rings. The normalized spacial score (nSPS) is 13.3. The molecule has 0 bridgehead atoms. The van der Waals surface area contributed by atoms with Crippen LogP contribution < -0.4 is 19.7 Å². The first-order valence-electron chi connectivity index (χ1n) is 11.0. The quantitative estimate of drug-likeness (QED) is 0.273. The van der Waals surface area contributed by atoms with Crippen LogP contribution in [-0.4, -0.2) is 24.4 Å². The lowest BCUT2D eigenvalue weighted by Gasteiger charge is -2.18. The molecule has 3 aromatic rings. The Morgan fingerprint density at radius 1 is 0.943 bits per heavy atom. The van der Waals surface area contributed by atoms with Crippen LogP contribution in [0, 0.1) is 13.8 Å². The van der Waals surface area contributed by atoms with Crippen molar-refractivity contribution in [2.45, 2.75) is 20.8 Å². The van der Waals surface area contributed by atoms with Crippen molar-refractivity contribution >= 4 is 40.8 Å². The first-order valence-corrected chi connectivity index (χ1v) is 11.3. The number of carbonyl (C=O) groups excluding carboxylic acids is 3. The third-order valence-corrected chi connectivity index (χ3v) is 5.71. The van der Waals surface area contributed by atoms with E-state index in [0.717, 1.165) is 16.0 Å². The highest BCUT2D eigenvalue weighted by atomic mass is 35.5. The van der Waals surface area contributed by atoms with Crippen molar-refractivity contribution in [3.8, 4) is 11.5 Å². The average molecular weight is 491 g/mol. The fourth-order valence-electron chi connectivity index (χ4n) is 3.66. The maximum absolute atomic E-state index is 13.1. The number of esters is 1. The molecule has 0 radical (unpaired) electrons. The van der Waals surface area contributed by atoms with Crippen LogP contribution in [0.5, 0.6) is 11.5 Å². The highest BCUT2D eigenvalue weighted by Gasteiger charge is 2.40. The Kier molecular flexibility index (Phi) is 6.89. The standard InChI is InChI=1S/C27H23ClN2O5/c1-4-34-22-8-6-5-7-20(22)30-25(31)23(28)24(26(30)32)29-19-12-10-18(11-13-19)27(33)35-21-14-9-16(2)15-17(21)3/h5-15,29H,4H2,1-3H3. The largest absolute Gasteiger partial charge is 0.492 e. The van der Waals surface area contributed by atoms with Gasteiger partial charge in [-0.05, 0) is 68.8 Å². The van der Waals surface area contributed by atoms with Gasteiger partial charge in [0.2, 0.25) is 0 Å². The molecule has 178 valence electrons. The van der Waals surface area contributed by atoms with Gasteiger partial charge in [0.15, 0.2) is 0 Å². The number of benzene rings is 3. The summed E-state index contributed by atoms with van der Waals surface area (Å²) in [7, 11) is 0. The van der Waals surface area contributed by atoms with Crippen LogP contribution in [-0.2, 0) is 9.59 Å². The zero-order valence-corrected chi connectivity index (χ0v) is 20.2. The first kappa shape index (κ1) is 24.0. The molecule has 8 heteroatoms. The Morgan fingerprint density at radius 2 is 1.66 bits per heavy atom. The van der Waals surface area contributed by atoms with E-state index in [9.17, 15) is 14.4 Å². The number of nitrogens with zero attached hydrogens (tertiary/aromatic N) is 1. The lowest BCUT2D eigenvalue weighted by Crippen LogP contribution is -2.32. The Labute approximate surface area is 207 Å². The second-order valence-corrected chi connectivity index (χ2v) is 8.27. The Bertz CT molecular complexity index is 1350. The molecule has 1 heterocycles. The third-order valence-electron chi connectivity index (χ3n) is 5.36. The van der Waals surface area contributed by atoms with Crippen LogP contribution in [0.4, 0.5) is 11.4 Å². The highest BCUT2D eigenvalue weighted by molar-refractivity contribution is 6.53. The topological polar surface area (TPSA) is 84.9 Å². The Hall–Kier alpha value is -4.10. The molecule has 1 N–H and O–H groups in total. The van der Waals surface area contributed by atoms with Crippen LogP contribution in [0.1, 0.15) is 28.4 Å². The summed E-state index contributed by atoms with van der Waals surface area (Å²) in [4.78, 5) is 39.4. The fourth-order valence-corrected chi connectivity index (χ4v) is 3.87. The number of imide groups is 1. The molecule has 3 aromatic carbocycles. The zero-order chi connectivity index (χ0) is 25.1. The van der Waals surface area contributed by atoms with Crippen molar-refractivity contribution in [3.05, 3.63) is 94.1 Å². The van der Waals surface area contributed by atoms with Gasteiger partial charge < -0.3 is 14.8 Å². The fraction of sp³-hybridized carbons (Fsp3) is 0.148. The maximum atomic E-state index is 13.1. The van der Waals surface area contributed by atoms with E-state index in [1.165, 1.54) is 0 Å². The molecular formula is C27H23ClN2O5. The molecule has 0 fully saturated rings. The van der Waals surface area contributed by atoms with Gasteiger partial charge in [0, 0.05) is 5.69 Å². The van der Waals surface area contributed by atoms with Gasteiger partial charge in [0.1, 0.15) is 22.2 Å². The van der Waals surface area contributed by atoms with Crippen molar-refractivity contribution < 1.29 is 23.9 Å². The molecule has 2 amide bonds. The van der Waals surface area contributed by atoms with Crippen molar-refractivity contribution in [1.82, 2.24) is 0 Å². The predicted octanol–water partition coefficient (Wildman–Crippen LogP) is 5.36. The number of ether oxygens (including phenoxy) is 2. The van der Waals surface area contributed by atoms with Gasteiger partial charge >= 0.3 is 5.97 Å². The smallest absolute Gasteiger partial charge is 0.343 e. The number of nitrogens with one attached hydrogen (secondary N) is 1. The molecule has 35 heavy (non-hydrogen) atoms. The third kappa shape index (κ3) is 4.90. The van der Waals surface area contributed by atoms with Gasteiger partial charge in [-0.15, -0.1) is 0 Å². The second kappa shape index (κ2) is 10.0. The molecule has 0 saturated carbocycles. The first-order chi connectivity index (χ1) is 16.8. The number of rotatable bonds is 7. The number of para-hydroxylation sites is 2. The van der Waals surface area contributed by atoms with Crippen molar-refractivity contribution in [2.24, 2.45) is 0 Å². The summed E-state index contributed by atoms with van der Waals surface area (Å²) in [6, 6.07) is 18.6. The van der Waals surface area contributed by atoms with E-state index < -0.39 is 17.8 Å². The summed E-state index contributed by atoms with van der Waals surface area (Å²) in [5.74, 6) is -0.881. The number of hydrogen-bond donors (Lipinski definition) is 1. The summed E-state index contributed by atoms with van der Waals surface area (Å²) in [5.41, 5.74) is 2.99. The minimum atomic E-state index is -0.653. The van der Waals surface area contributed by atoms with E-state index >= 15 is 0 Å². The van der Waals surface area contributed by atoms with Gasteiger partial charge in [-0.3, -0.25) is 9.59 Å². The monoisotopic (exact) mass is 490 g/mol. The van der Waals surface area contributed by atoms with Crippen LogP contribution in [0.15, 0.2) is 77.5 Å². The van der Waals surface area contributed by atoms with Gasteiger partial charge in [-0.25, -0.2) is 9.69 Å². The molecule has 0 saturated heterocycles. The molecule has 4 rings (SSSR count). The van der Waals surface area contributed by atoms with Crippen molar-refractivity contribution in [3.63, 3.8) is 0 Å². The highest BCUT2D eigenvalue weighted by Crippen LogP contribution is 2.35. The summed E-state index contributed by atoms with van der Waals surface area (Å²) >= 11 is 6.24. The number of hydrogen-bond acceptors (Lipinski definition) is 6. The summed E-state index contributed by atoms with van der Waals surface area (Å²) in [6.45, 7) is 6.02. The molecule has 0 atom stereocenters. The van der Waals surface area contributed by atoms with Crippen LogP contribution in [0.2, 0.25) is 0 Å². The number of carbonyl (C=O) groups is 3. The molecule has 0 aliphatic carbocycles. The number of aryl methyl sites for hydroxylation is 2. The van der Waals surface area contributed by atoms with E-state index in [1.54, 1.807) is 54.6 Å². The van der Waals surface area contributed by atoms with Gasteiger partial charge in [0.25, 0.3) is 11.8 Å². The summed E-state index contributed by atoms with van der Waals surface area (Å²) in [5, 5.41) is 2.66. The molecule has 1 aliphatic heterocycles. The van der Waals surface area contributed by atoms with Crippen molar-refractivity contribution in [1.29, 1.82) is 0 Å². The molecule has 0 spiro atoms. The predicted molar refractivity (Wildman–Crippen MR) is 134 cm³/mol. The zero-order valence-electron chi connectivity index (χ0n) is 19.4. The van der Waals surface area contributed by atoms with Crippen LogP contribution >= 0.6 is 11.6 Å². The summed E-state index contributed by atoms with van der Waals surface area (Å²) < 4.78 is 11.0. The minimum absolute atomic E-state index is 0.0615. The molecule has 0 unspecified atom stereocenters. The molecule has 7 nitrogen and oxygen atoms in total. The summed E-state index contributed by atoms with van der Waals surface area (Å²) in [6.07, 6.45) is 0. The Balaban J connectivity index is 1.50. The second-order valence-electron chi connectivity index (χ2n) is 7.90. The maximum Gasteiger partial charge on any atom is 0.343 e. The van der Waals surface area contributed by atoms with Crippen LogP contribution in [0.25, 0.3) is 0 Å². The van der Waals surface area contributed by atoms with Gasteiger partial charge in [0.05, 0.1) is 17.9 Å². The molecular weight excluding hydrogens is 468 g/mol. The van der Waals surface area contributed by atoms with E-state index in [4.69, 9.17) is 21.1 Å². The number of halogens is 1. The molecule has 0 aromatic heterocycles. The average Bonchev–Trinajstić information content (AvgIpc) is 3.05. The van der Waals surface area contributed by atoms with Crippen LogP contribution in [0.3, 0.4) is 0 Å². The van der Waals surface area contributed by atoms with Crippen molar-refractivity contribution in [2.75, 3.05) is 16.8 Å². The SMILES string of the molecule is CCOc1ccccc1N1C(=O)C(Cl)=C(Nc2ccc(C(=O)Oc3ccc(C)cc3C)cc2)C1=O. The van der Waals surface area contributed by atoms with E-state index in [0.29, 0.717) is 35.0 Å². The van der Waals surface area contributed by atoms with Gasteiger partial charge in [-0.1, -0.05) is 41.4 Å². The minimum Gasteiger partial charge on any atom is -0.492 e. The van der Waals surface area contributed by atoms with E-state index in [1.807, 2.05) is 32.9 Å². The lowest BCUT2D eigenvalue weighted by molar-refractivity contribution is -0.120. The Morgan fingerprint density at radius 3 is 2.34 bits per heavy atom. The number of anilines is 2. The number of amides is 2. The van der Waals surface area contributed by atoms with E-state index in [-0.39, 0.29) is 10.7 Å². The van der Waals surface area contributed by atoms with E-state index in [2.05, 4.69) is 5.32 Å². The lowest BCUT2D eigenvalue weighted by atomic mass is 10.1. The van der Waals surface area contributed by atoms with Gasteiger partial charge in [-0.2, -0.15) is 0 Å².